The van der Waals surface area contributed by atoms with E-state index in [1.807, 2.05) is 18.9 Å². The van der Waals surface area contributed by atoms with E-state index in [9.17, 15) is 10.1 Å². The summed E-state index contributed by atoms with van der Waals surface area (Å²) in [5.74, 6) is 0. The molecule has 0 saturated carbocycles. The summed E-state index contributed by atoms with van der Waals surface area (Å²) in [4.78, 5) is 12.4. The Morgan fingerprint density at radius 1 is 1.61 bits per heavy atom. The van der Waals surface area contributed by atoms with Crippen LogP contribution in [0.5, 0.6) is 0 Å². The molecule has 0 spiro atoms. The highest BCUT2D eigenvalue weighted by Gasteiger charge is 2.19. The number of hydrogen-bond donors (Lipinski definition) is 0. The summed E-state index contributed by atoms with van der Waals surface area (Å²) in [6.07, 6.45) is 0.370. The maximum atomic E-state index is 10.9. The molecular formula is C12H14ClN3O2. The molecule has 0 radical (unpaired) electrons. The Hall–Kier alpha value is -1.64. The van der Waals surface area contributed by atoms with Crippen molar-refractivity contribution in [2.45, 2.75) is 25.9 Å². The molecule has 5 nitrogen and oxygen atoms in total. The minimum atomic E-state index is -0.440. The molecule has 0 fully saturated rings. The van der Waals surface area contributed by atoms with E-state index in [0.29, 0.717) is 23.6 Å². The first-order valence-corrected chi connectivity index (χ1v) is 5.84. The van der Waals surface area contributed by atoms with Gasteiger partial charge < -0.3 is 0 Å². The second-order valence-corrected chi connectivity index (χ2v) is 4.53. The third kappa shape index (κ3) is 3.42. The molecule has 1 unspecified atom stereocenters. The van der Waals surface area contributed by atoms with E-state index < -0.39 is 4.92 Å². The highest BCUT2D eigenvalue weighted by molar-refractivity contribution is 6.31. The molecule has 0 aliphatic rings. The minimum Gasteiger partial charge on any atom is -0.298 e. The van der Waals surface area contributed by atoms with E-state index in [4.69, 9.17) is 16.9 Å². The molecule has 0 heterocycles. The molecule has 6 heteroatoms. The molecule has 0 N–H and O–H groups in total. The van der Waals surface area contributed by atoms with E-state index in [1.165, 1.54) is 6.07 Å². The van der Waals surface area contributed by atoms with Crippen molar-refractivity contribution in [2.24, 2.45) is 0 Å². The summed E-state index contributed by atoms with van der Waals surface area (Å²) < 4.78 is 0. The van der Waals surface area contributed by atoms with Crippen molar-refractivity contribution in [1.82, 2.24) is 4.90 Å². The van der Waals surface area contributed by atoms with Crippen molar-refractivity contribution >= 4 is 17.3 Å². The predicted octanol–water partition coefficient (Wildman–Crippen LogP) is 2.98. The first-order valence-electron chi connectivity index (χ1n) is 5.46. The Morgan fingerprint density at radius 2 is 2.28 bits per heavy atom. The number of hydrogen-bond acceptors (Lipinski definition) is 4. The van der Waals surface area contributed by atoms with Gasteiger partial charge in [-0.1, -0.05) is 17.7 Å². The molecule has 1 atom stereocenters. The molecule has 1 aromatic rings. The average molecular weight is 268 g/mol. The standard InChI is InChI=1S/C12H14ClN3O2/c1-9(6-7-14)15(2)8-10-11(13)4-3-5-12(10)16(17)18/h3-5,9H,6,8H2,1-2H3. The van der Waals surface area contributed by atoms with Crippen LogP contribution in [-0.2, 0) is 6.54 Å². The summed E-state index contributed by atoms with van der Waals surface area (Å²) in [6.45, 7) is 2.24. The number of nitro benzene ring substituents is 1. The second-order valence-electron chi connectivity index (χ2n) is 4.12. The lowest BCUT2D eigenvalue weighted by atomic mass is 10.1. The van der Waals surface area contributed by atoms with E-state index >= 15 is 0 Å². The van der Waals surface area contributed by atoms with Gasteiger partial charge in [-0.15, -0.1) is 0 Å². The van der Waals surface area contributed by atoms with E-state index in [2.05, 4.69) is 6.07 Å². The summed E-state index contributed by atoms with van der Waals surface area (Å²) in [5.41, 5.74) is 0.495. The van der Waals surface area contributed by atoms with Crippen molar-refractivity contribution in [3.63, 3.8) is 0 Å². The molecule has 0 aliphatic carbocycles. The summed E-state index contributed by atoms with van der Waals surface area (Å²) in [7, 11) is 1.81. The number of halogens is 1. The van der Waals surface area contributed by atoms with Crippen LogP contribution < -0.4 is 0 Å². The molecule has 0 aliphatic heterocycles. The van der Waals surface area contributed by atoms with Gasteiger partial charge in [-0.3, -0.25) is 15.0 Å². The first-order chi connectivity index (χ1) is 8.47. The largest absolute Gasteiger partial charge is 0.298 e. The Labute approximate surface area is 111 Å². The monoisotopic (exact) mass is 267 g/mol. The van der Waals surface area contributed by atoms with Gasteiger partial charge in [0.05, 0.1) is 28.0 Å². The maximum Gasteiger partial charge on any atom is 0.275 e. The van der Waals surface area contributed by atoms with Crippen LogP contribution in [0.2, 0.25) is 5.02 Å². The number of rotatable bonds is 5. The van der Waals surface area contributed by atoms with Crippen LogP contribution in [-0.4, -0.2) is 22.9 Å². The molecule has 1 aromatic carbocycles. The lowest BCUT2D eigenvalue weighted by molar-refractivity contribution is -0.385. The van der Waals surface area contributed by atoms with E-state index in [1.54, 1.807) is 12.1 Å². The molecule has 18 heavy (non-hydrogen) atoms. The van der Waals surface area contributed by atoms with Crippen LogP contribution in [0.4, 0.5) is 5.69 Å². The van der Waals surface area contributed by atoms with Crippen LogP contribution in [0.25, 0.3) is 0 Å². The van der Waals surface area contributed by atoms with Crippen LogP contribution in [0, 0.1) is 21.4 Å². The molecule has 0 bridgehead atoms. The van der Waals surface area contributed by atoms with Gasteiger partial charge in [0.25, 0.3) is 5.69 Å². The normalized spacial score (nSPS) is 12.2. The van der Waals surface area contributed by atoms with Crippen molar-refractivity contribution < 1.29 is 4.92 Å². The zero-order valence-electron chi connectivity index (χ0n) is 10.3. The lowest BCUT2D eigenvalue weighted by Crippen LogP contribution is -2.28. The Bertz CT molecular complexity index is 485. The van der Waals surface area contributed by atoms with Gasteiger partial charge in [-0.25, -0.2) is 0 Å². The van der Waals surface area contributed by atoms with E-state index in [0.717, 1.165) is 0 Å². The van der Waals surface area contributed by atoms with Gasteiger partial charge in [0, 0.05) is 18.7 Å². The molecule has 0 aromatic heterocycles. The first kappa shape index (κ1) is 14.4. The number of nitriles is 1. The Morgan fingerprint density at radius 3 is 2.83 bits per heavy atom. The SMILES string of the molecule is CC(CC#N)N(C)Cc1c(Cl)cccc1[N+](=O)[O-]. The highest BCUT2D eigenvalue weighted by atomic mass is 35.5. The fraction of sp³-hybridized carbons (Fsp3) is 0.417. The molecule has 1 rings (SSSR count). The fourth-order valence-electron chi connectivity index (χ4n) is 1.57. The van der Waals surface area contributed by atoms with Crippen LogP contribution >= 0.6 is 11.6 Å². The third-order valence-electron chi connectivity index (χ3n) is 2.84. The quantitative estimate of drug-likeness (QED) is 0.607. The highest BCUT2D eigenvalue weighted by Crippen LogP contribution is 2.27. The smallest absolute Gasteiger partial charge is 0.275 e. The van der Waals surface area contributed by atoms with Gasteiger partial charge in [-0.05, 0) is 20.0 Å². The molecule has 96 valence electrons. The summed E-state index contributed by atoms with van der Waals surface area (Å²) in [6, 6.07) is 6.72. The minimum absolute atomic E-state index is 0.0125. The third-order valence-corrected chi connectivity index (χ3v) is 3.19. The van der Waals surface area contributed by atoms with Crippen molar-refractivity contribution in [1.29, 1.82) is 5.26 Å². The lowest BCUT2D eigenvalue weighted by Gasteiger charge is -2.22. The van der Waals surface area contributed by atoms with Crippen molar-refractivity contribution in [3.8, 4) is 6.07 Å². The predicted molar refractivity (Wildman–Crippen MR) is 69.3 cm³/mol. The number of nitrogens with zero attached hydrogens (tertiary/aromatic N) is 3. The van der Waals surface area contributed by atoms with Crippen LogP contribution in [0.3, 0.4) is 0 Å². The van der Waals surface area contributed by atoms with Gasteiger partial charge in [-0.2, -0.15) is 5.26 Å². The zero-order chi connectivity index (χ0) is 13.7. The van der Waals surface area contributed by atoms with Gasteiger partial charge in [0.1, 0.15) is 0 Å². The molecule has 0 amide bonds. The van der Waals surface area contributed by atoms with Crippen LogP contribution in [0.15, 0.2) is 18.2 Å². The number of benzene rings is 1. The molecule has 0 saturated heterocycles. The topological polar surface area (TPSA) is 70.2 Å². The summed E-state index contributed by atoms with van der Waals surface area (Å²) in [5, 5.41) is 19.9. The van der Waals surface area contributed by atoms with Crippen LogP contribution in [0.1, 0.15) is 18.9 Å². The number of nitro groups is 1. The van der Waals surface area contributed by atoms with E-state index in [-0.39, 0.29) is 11.7 Å². The van der Waals surface area contributed by atoms with Gasteiger partial charge in [0.15, 0.2) is 0 Å². The molecular weight excluding hydrogens is 254 g/mol. The van der Waals surface area contributed by atoms with Crippen molar-refractivity contribution in [3.05, 3.63) is 38.9 Å². The maximum absolute atomic E-state index is 10.9. The Kier molecular flexibility index (Phi) is 5.08. The summed E-state index contributed by atoms with van der Waals surface area (Å²) >= 11 is 6.00. The zero-order valence-corrected chi connectivity index (χ0v) is 11.0. The fourth-order valence-corrected chi connectivity index (χ4v) is 1.80. The Balaban J connectivity index is 2.97. The second kappa shape index (κ2) is 6.34. The van der Waals surface area contributed by atoms with Crippen molar-refractivity contribution in [2.75, 3.05) is 7.05 Å². The van der Waals surface area contributed by atoms with Gasteiger partial charge in [0.2, 0.25) is 0 Å². The average Bonchev–Trinajstić information content (AvgIpc) is 2.31. The van der Waals surface area contributed by atoms with Gasteiger partial charge >= 0.3 is 0 Å².